The van der Waals surface area contributed by atoms with Gasteiger partial charge >= 0.3 is 5.97 Å². The Morgan fingerprint density at radius 1 is 1.39 bits per heavy atom. The fourth-order valence-electron chi connectivity index (χ4n) is 1.83. The zero-order valence-corrected chi connectivity index (χ0v) is 13.8. The molecule has 0 atom stereocenters. The Labute approximate surface area is 133 Å². The number of hydrogen-bond donors (Lipinski definition) is 0. The summed E-state index contributed by atoms with van der Waals surface area (Å²) in [5, 5.41) is 0. The summed E-state index contributed by atoms with van der Waals surface area (Å²) in [6.45, 7) is 1.26. The van der Waals surface area contributed by atoms with Gasteiger partial charge in [-0.15, -0.1) is 0 Å². The number of carbonyl (C=O) groups is 1. The number of pyridine rings is 1. The van der Waals surface area contributed by atoms with Crippen LogP contribution in [0.4, 0.5) is 0 Å². The molecule has 0 aliphatic carbocycles. The van der Waals surface area contributed by atoms with E-state index < -0.39 is 22.5 Å². The first-order chi connectivity index (χ1) is 10.7. The number of likely N-dealkylation sites (N-methyl/N-ethyl adjacent to an activating group) is 1. The van der Waals surface area contributed by atoms with Gasteiger partial charge in [0.25, 0.3) is 5.56 Å². The van der Waals surface area contributed by atoms with Gasteiger partial charge in [0.1, 0.15) is 18.8 Å². The molecular formula is C14H17N3O5S. The van der Waals surface area contributed by atoms with Gasteiger partial charge in [-0.3, -0.25) is 14.0 Å². The van der Waals surface area contributed by atoms with Crippen molar-refractivity contribution in [2.24, 2.45) is 0 Å². The van der Waals surface area contributed by atoms with Crippen molar-refractivity contribution in [3.8, 4) is 0 Å². The fourth-order valence-corrected chi connectivity index (χ4v) is 2.17. The van der Waals surface area contributed by atoms with Gasteiger partial charge in [0.15, 0.2) is 0 Å². The predicted octanol–water partition coefficient (Wildman–Crippen LogP) is -0.0625. The number of hydrogen-bond acceptors (Lipinski definition) is 6. The Bertz CT molecular complexity index is 904. The quantitative estimate of drug-likeness (QED) is 0.708. The third kappa shape index (κ3) is 4.36. The molecule has 0 bridgehead atoms. The van der Waals surface area contributed by atoms with Crippen LogP contribution in [0.15, 0.2) is 29.2 Å². The summed E-state index contributed by atoms with van der Waals surface area (Å²) in [5.41, 5.74) is 1.39. The largest absolute Gasteiger partial charge is 0.458 e. The maximum atomic E-state index is 12.0. The van der Waals surface area contributed by atoms with Crippen molar-refractivity contribution in [3.05, 3.63) is 46.0 Å². The lowest BCUT2D eigenvalue weighted by molar-refractivity contribution is -0.145. The Kier molecular flexibility index (Phi) is 4.81. The van der Waals surface area contributed by atoms with E-state index >= 15 is 0 Å². The molecule has 2 rings (SSSR count). The monoisotopic (exact) mass is 339 g/mol. The number of sulfonamides is 1. The summed E-state index contributed by atoms with van der Waals surface area (Å²) in [4.78, 5) is 27.9. The van der Waals surface area contributed by atoms with Crippen molar-refractivity contribution in [2.75, 3.05) is 19.8 Å². The number of rotatable bonds is 5. The van der Waals surface area contributed by atoms with E-state index in [1.54, 1.807) is 12.3 Å². The van der Waals surface area contributed by atoms with E-state index in [2.05, 4.69) is 4.98 Å². The minimum Gasteiger partial charge on any atom is -0.458 e. The van der Waals surface area contributed by atoms with Crippen LogP contribution in [0.2, 0.25) is 0 Å². The molecular weight excluding hydrogens is 322 g/mol. The molecule has 0 spiro atoms. The van der Waals surface area contributed by atoms with Crippen LogP contribution in [0.3, 0.4) is 0 Å². The molecule has 0 saturated heterocycles. The summed E-state index contributed by atoms with van der Waals surface area (Å²) in [6, 6.07) is 4.79. The van der Waals surface area contributed by atoms with Crippen LogP contribution in [0, 0.1) is 6.92 Å². The molecule has 0 saturated carbocycles. The molecule has 8 nitrogen and oxygen atoms in total. The van der Waals surface area contributed by atoms with Gasteiger partial charge in [-0.25, -0.2) is 13.4 Å². The SMILES string of the molecule is Cc1ccc2nc(COC(=O)CN(C)S(C)(=O)=O)cc(=O)n2c1. The van der Waals surface area contributed by atoms with Crippen LogP contribution < -0.4 is 5.56 Å². The lowest BCUT2D eigenvalue weighted by Gasteiger charge is -2.13. The topological polar surface area (TPSA) is 98.0 Å². The molecule has 0 amide bonds. The van der Waals surface area contributed by atoms with Gasteiger partial charge in [-0.1, -0.05) is 6.07 Å². The second-order valence-corrected chi connectivity index (χ2v) is 7.29. The highest BCUT2D eigenvalue weighted by atomic mass is 32.2. The summed E-state index contributed by atoms with van der Waals surface area (Å²) >= 11 is 0. The summed E-state index contributed by atoms with van der Waals surface area (Å²) in [6.07, 6.45) is 2.66. The molecule has 2 aromatic heterocycles. The molecule has 0 aliphatic heterocycles. The van der Waals surface area contributed by atoms with Gasteiger partial charge < -0.3 is 4.74 Å². The first-order valence-corrected chi connectivity index (χ1v) is 8.57. The second-order valence-electron chi connectivity index (χ2n) is 5.20. The smallest absolute Gasteiger partial charge is 0.321 e. The van der Waals surface area contributed by atoms with E-state index in [0.717, 1.165) is 16.1 Å². The predicted molar refractivity (Wildman–Crippen MR) is 83.5 cm³/mol. The van der Waals surface area contributed by atoms with Crippen LogP contribution in [0.1, 0.15) is 11.3 Å². The molecule has 23 heavy (non-hydrogen) atoms. The minimum absolute atomic E-state index is 0.198. The number of ether oxygens (including phenoxy) is 1. The van der Waals surface area contributed by atoms with Gasteiger partial charge in [0, 0.05) is 19.3 Å². The number of aryl methyl sites for hydroxylation is 1. The lowest BCUT2D eigenvalue weighted by Crippen LogP contribution is -2.32. The van der Waals surface area contributed by atoms with Gasteiger partial charge in [-0.05, 0) is 18.6 Å². The molecule has 0 fully saturated rings. The van der Waals surface area contributed by atoms with Crippen LogP contribution in [-0.2, 0) is 26.2 Å². The first-order valence-electron chi connectivity index (χ1n) is 6.73. The first kappa shape index (κ1) is 17.1. The maximum Gasteiger partial charge on any atom is 0.321 e. The van der Waals surface area contributed by atoms with Gasteiger partial charge in [-0.2, -0.15) is 4.31 Å². The molecule has 124 valence electrons. The Morgan fingerprint density at radius 2 is 2.09 bits per heavy atom. The molecule has 0 radical (unpaired) electrons. The zero-order valence-electron chi connectivity index (χ0n) is 13.0. The number of aromatic nitrogens is 2. The van der Waals surface area contributed by atoms with Crippen LogP contribution in [0.25, 0.3) is 5.65 Å². The van der Waals surface area contributed by atoms with Gasteiger partial charge in [0.2, 0.25) is 10.0 Å². The van der Waals surface area contributed by atoms with E-state index in [4.69, 9.17) is 4.74 Å². The van der Waals surface area contributed by atoms with E-state index in [1.807, 2.05) is 13.0 Å². The molecule has 9 heteroatoms. The highest BCUT2D eigenvalue weighted by Crippen LogP contribution is 2.04. The van der Waals surface area contributed by atoms with Gasteiger partial charge in [0.05, 0.1) is 11.9 Å². The molecule has 2 aromatic rings. The van der Waals surface area contributed by atoms with Crippen molar-refractivity contribution in [1.82, 2.24) is 13.7 Å². The van der Waals surface area contributed by atoms with Crippen molar-refractivity contribution >= 4 is 21.6 Å². The normalized spacial score (nSPS) is 11.8. The van der Waals surface area contributed by atoms with E-state index in [0.29, 0.717) is 11.3 Å². The Balaban J connectivity index is 2.09. The Hall–Kier alpha value is -2.26. The second kappa shape index (κ2) is 6.47. The average molecular weight is 339 g/mol. The van der Waals surface area contributed by atoms with Crippen molar-refractivity contribution in [3.63, 3.8) is 0 Å². The number of nitrogens with zero attached hydrogens (tertiary/aromatic N) is 3. The number of carbonyl (C=O) groups excluding carboxylic acids is 1. The van der Waals surface area contributed by atoms with E-state index in [-0.39, 0.29) is 12.2 Å². The van der Waals surface area contributed by atoms with E-state index in [9.17, 15) is 18.0 Å². The fraction of sp³-hybridized carbons (Fsp3) is 0.357. The molecule has 0 N–H and O–H groups in total. The standard InChI is InChI=1S/C14H17N3O5S/c1-10-4-5-12-15-11(6-13(18)17(12)7-10)9-22-14(19)8-16(2)23(3,20)21/h4-7H,8-9H2,1-3H3. The van der Waals surface area contributed by atoms with Crippen LogP contribution in [-0.4, -0.2) is 47.9 Å². The van der Waals surface area contributed by atoms with Crippen LogP contribution >= 0.6 is 0 Å². The molecule has 0 unspecified atom stereocenters. The van der Waals surface area contributed by atoms with Crippen LogP contribution in [0.5, 0.6) is 0 Å². The van der Waals surface area contributed by atoms with Crippen molar-refractivity contribution in [1.29, 1.82) is 0 Å². The maximum absolute atomic E-state index is 12.0. The van der Waals surface area contributed by atoms with E-state index in [1.165, 1.54) is 17.5 Å². The third-order valence-corrected chi connectivity index (χ3v) is 4.42. The van der Waals surface area contributed by atoms with Crippen molar-refractivity contribution in [2.45, 2.75) is 13.5 Å². The third-order valence-electron chi connectivity index (χ3n) is 3.16. The molecule has 0 aromatic carbocycles. The summed E-state index contributed by atoms with van der Waals surface area (Å²) in [5.74, 6) is -0.719. The Morgan fingerprint density at radius 3 is 2.74 bits per heavy atom. The summed E-state index contributed by atoms with van der Waals surface area (Å²) in [7, 11) is -2.18. The highest BCUT2D eigenvalue weighted by molar-refractivity contribution is 7.88. The number of fused-ring (bicyclic) bond motifs is 1. The minimum atomic E-state index is -3.46. The lowest BCUT2D eigenvalue weighted by atomic mass is 10.3. The molecule has 2 heterocycles. The highest BCUT2D eigenvalue weighted by Gasteiger charge is 2.16. The van der Waals surface area contributed by atoms with Crippen molar-refractivity contribution < 1.29 is 17.9 Å². The average Bonchev–Trinajstić information content (AvgIpc) is 2.45. The molecule has 0 aliphatic rings. The summed E-state index contributed by atoms with van der Waals surface area (Å²) < 4.78 is 29.7. The zero-order chi connectivity index (χ0) is 17.2. The number of esters is 1.